The van der Waals surface area contributed by atoms with Crippen LogP contribution in [-0.4, -0.2) is 37.8 Å². The van der Waals surface area contributed by atoms with E-state index in [0.29, 0.717) is 17.0 Å². The summed E-state index contributed by atoms with van der Waals surface area (Å²) in [5.41, 5.74) is 0.691. The lowest BCUT2D eigenvalue weighted by molar-refractivity contribution is 0.157. The highest BCUT2D eigenvalue weighted by Gasteiger charge is 2.24. The number of nitrogens with zero attached hydrogens (tertiary/aromatic N) is 1. The summed E-state index contributed by atoms with van der Waals surface area (Å²) >= 11 is 6.11. The van der Waals surface area contributed by atoms with Crippen molar-refractivity contribution in [3.05, 3.63) is 34.6 Å². The van der Waals surface area contributed by atoms with Crippen LogP contribution >= 0.6 is 24.0 Å². The molecule has 1 aliphatic heterocycles. The highest BCUT2D eigenvalue weighted by molar-refractivity contribution is 6.31. The van der Waals surface area contributed by atoms with E-state index in [1.807, 2.05) is 0 Å². The monoisotopic (exact) mass is 310 g/mol. The quantitative estimate of drug-likeness (QED) is 0.918. The van der Waals surface area contributed by atoms with E-state index >= 15 is 0 Å². The predicted octanol–water partition coefficient (Wildman–Crippen LogP) is 3.21. The number of hydrogen-bond donors (Lipinski definition) is 1. The number of alkyl halides is 1. The second-order valence-electron chi connectivity index (χ2n) is 4.45. The van der Waals surface area contributed by atoms with Crippen LogP contribution < -0.4 is 5.32 Å². The number of nitrogens with one attached hydrogen (secondary N) is 1. The van der Waals surface area contributed by atoms with Gasteiger partial charge < -0.3 is 5.32 Å². The molecule has 0 unspecified atom stereocenters. The van der Waals surface area contributed by atoms with Crippen molar-refractivity contribution in [3.63, 3.8) is 0 Å². The molecule has 0 spiro atoms. The molecular weight excluding hydrogens is 293 g/mol. The van der Waals surface area contributed by atoms with Crippen LogP contribution in [0.1, 0.15) is 18.0 Å². The van der Waals surface area contributed by atoms with E-state index in [-0.39, 0.29) is 24.3 Å². The third-order valence-electron chi connectivity index (χ3n) is 3.29. The third kappa shape index (κ3) is 4.28. The molecule has 1 aliphatic rings. The van der Waals surface area contributed by atoms with Gasteiger partial charge in [0.2, 0.25) is 0 Å². The molecule has 1 N–H and O–H groups in total. The molecule has 0 amide bonds. The van der Waals surface area contributed by atoms with Gasteiger partial charge in [-0.1, -0.05) is 11.6 Å². The first-order valence-corrected chi connectivity index (χ1v) is 6.56. The fourth-order valence-electron chi connectivity index (χ4n) is 2.40. The van der Waals surface area contributed by atoms with Crippen LogP contribution in [0.15, 0.2) is 18.2 Å². The van der Waals surface area contributed by atoms with Crippen LogP contribution in [0.4, 0.5) is 8.78 Å². The maximum Gasteiger partial charge on any atom is 0.123 e. The van der Waals surface area contributed by atoms with E-state index in [0.717, 1.165) is 26.2 Å². The number of hydrogen-bond acceptors (Lipinski definition) is 2. The summed E-state index contributed by atoms with van der Waals surface area (Å²) < 4.78 is 26.1. The number of piperazine rings is 1. The molecule has 108 valence electrons. The summed E-state index contributed by atoms with van der Waals surface area (Å²) in [6.07, 6.45) is 0.350. The highest BCUT2D eigenvalue weighted by atomic mass is 35.5. The minimum absolute atomic E-state index is 0. The number of rotatable bonds is 4. The first kappa shape index (κ1) is 16.6. The standard InChI is InChI=1S/C13H17ClF2N2.ClH/c14-12-2-1-10(16)9-11(12)13(3-4-15)18-7-5-17-6-8-18;/h1-2,9,13,17H,3-8H2;1H/t13-;/m0./s1. The van der Waals surface area contributed by atoms with Gasteiger partial charge in [0.1, 0.15) is 5.82 Å². The van der Waals surface area contributed by atoms with Crippen LogP contribution in [0, 0.1) is 5.82 Å². The Morgan fingerprint density at radius 3 is 2.63 bits per heavy atom. The second-order valence-corrected chi connectivity index (χ2v) is 4.85. The molecule has 0 saturated carbocycles. The molecule has 2 rings (SSSR count). The molecule has 1 atom stereocenters. The Morgan fingerprint density at radius 1 is 1.32 bits per heavy atom. The topological polar surface area (TPSA) is 15.3 Å². The Labute approximate surface area is 123 Å². The van der Waals surface area contributed by atoms with Gasteiger partial charge >= 0.3 is 0 Å². The first-order chi connectivity index (χ1) is 8.72. The van der Waals surface area contributed by atoms with Gasteiger partial charge in [-0.15, -0.1) is 12.4 Å². The van der Waals surface area contributed by atoms with Gasteiger partial charge in [0.05, 0.1) is 6.67 Å². The lowest BCUT2D eigenvalue weighted by atomic mass is 10.0. The van der Waals surface area contributed by atoms with Gasteiger partial charge in [-0.3, -0.25) is 9.29 Å². The van der Waals surface area contributed by atoms with Crippen LogP contribution in [-0.2, 0) is 0 Å². The van der Waals surface area contributed by atoms with Crippen molar-refractivity contribution in [2.75, 3.05) is 32.9 Å². The maximum atomic E-state index is 13.3. The molecule has 1 fully saturated rings. The molecule has 0 aliphatic carbocycles. The Balaban J connectivity index is 0.00000180. The van der Waals surface area contributed by atoms with Crippen molar-refractivity contribution >= 4 is 24.0 Å². The second kappa shape index (κ2) is 8.00. The summed E-state index contributed by atoms with van der Waals surface area (Å²) in [6.45, 7) is 2.97. The van der Waals surface area contributed by atoms with E-state index in [1.54, 1.807) is 6.07 Å². The minimum atomic E-state index is -0.429. The third-order valence-corrected chi connectivity index (χ3v) is 3.64. The van der Waals surface area contributed by atoms with Crippen LogP contribution in [0.2, 0.25) is 5.02 Å². The molecular formula is C13H18Cl2F2N2. The lowest BCUT2D eigenvalue weighted by Crippen LogP contribution is -2.45. The van der Waals surface area contributed by atoms with Crippen molar-refractivity contribution in [2.24, 2.45) is 0 Å². The van der Waals surface area contributed by atoms with Gasteiger partial charge in [-0.05, 0) is 30.2 Å². The van der Waals surface area contributed by atoms with E-state index in [4.69, 9.17) is 11.6 Å². The number of halogens is 4. The van der Waals surface area contributed by atoms with Crippen LogP contribution in [0.3, 0.4) is 0 Å². The van der Waals surface area contributed by atoms with Gasteiger partial charge in [0, 0.05) is 37.2 Å². The van der Waals surface area contributed by atoms with Gasteiger partial charge in [-0.2, -0.15) is 0 Å². The molecule has 1 saturated heterocycles. The van der Waals surface area contributed by atoms with E-state index in [2.05, 4.69) is 10.2 Å². The van der Waals surface area contributed by atoms with E-state index in [9.17, 15) is 8.78 Å². The van der Waals surface area contributed by atoms with E-state index in [1.165, 1.54) is 12.1 Å². The molecule has 1 aromatic carbocycles. The van der Waals surface area contributed by atoms with Gasteiger partial charge in [0.15, 0.2) is 0 Å². The molecule has 0 aromatic heterocycles. The fraction of sp³-hybridized carbons (Fsp3) is 0.538. The van der Waals surface area contributed by atoms with E-state index < -0.39 is 6.67 Å². The summed E-state index contributed by atoms with van der Waals surface area (Å²) in [5, 5.41) is 3.75. The van der Waals surface area contributed by atoms with Crippen molar-refractivity contribution in [2.45, 2.75) is 12.5 Å². The minimum Gasteiger partial charge on any atom is -0.314 e. The Hall–Kier alpha value is -0.420. The largest absolute Gasteiger partial charge is 0.314 e. The summed E-state index contributed by atoms with van der Waals surface area (Å²) in [7, 11) is 0. The molecule has 0 bridgehead atoms. The van der Waals surface area contributed by atoms with Gasteiger partial charge in [-0.25, -0.2) is 4.39 Å². The molecule has 1 aromatic rings. The zero-order chi connectivity index (χ0) is 13.0. The molecule has 0 radical (unpaired) electrons. The maximum absolute atomic E-state index is 13.3. The van der Waals surface area contributed by atoms with Crippen LogP contribution in [0.25, 0.3) is 0 Å². The fourth-order valence-corrected chi connectivity index (χ4v) is 2.65. The molecule has 19 heavy (non-hydrogen) atoms. The average Bonchev–Trinajstić information content (AvgIpc) is 2.40. The first-order valence-electron chi connectivity index (χ1n) is 6.18. The Kier molecular flexibility index (Phi) is 7.00. The highest BCUT2D eigenvalue weighted by Crippen LogP contribution is 2.31. The number of benzene rings is 1. The molecule has 1 heterocycles. The Morgan fingerprint density at radius 2 is 2.00 bits per heavy atom. The predicted molar refractivity (Wildman–Crippen MR) is 76.4 cm³/mol. The zero-order valence-corrected chi connectivity index (χ0v) is 12.1. The van der Waals surface area contributed by atoms with Gasteiger partial charge in [0.25, 0.3) is 0 Å². The summed E-state index contributed by atoms with van der Waals surface area (Å²) in [4.78, 5) is 2.16. The average molecular weight is 311 g/mol. The van der Waals surface area contributed by atoms with Crippen LogP contribution in [0.5, 0.6) is 0 Å². The molecule has 6 heteroatoms. The van der Waals surface area contributed by atoms with Crippen molar-refractivity contribution in [3.8, 4) is 0 Å². The van der Waals surface area contributed by atoms with Crippen molar-refractivity contribution in [1.29, 1.82) is 0 Å². The summed E-state index contributed by atoms with van der Waals surface area (Å²) in [5.74, 6) is -0.326. The molecule has 2 nitrogen and oxygen atoms in total. The normalized spacial score (nSPS) is 17.8. The smallest absolute Gasteiger partial charge is 0.123 e. The van der Waals surface area contributed by atoms with Crippen molar-refractivity contribution < 1.29 is 8.78 Å². The SMILES string of the molecule is Cl.FCC[C@@H](c1cc(F)ccc1Cl)N1CCNCC1. The zero-order valence-electron chi connectivity index (χ0n) is 10.5. The Bertz CT molecular complexity index is 398. The van der Waals surface area contributed by atoms with Crippen molar-refractivity contribution in [1.82, 2.24) is 10.2 Å². The lowest BCUT2D eigenvalue weighted by Gasteiger charge is -2.35. The summed E-state index contributed by atoms with van der Waals surface area (Å²) in [6, 6.07) is 4.15.